The molecule has 4 heteroatoms. The lowest BCUT2D eigenvalue weighted by Crippen LogP contribution is -2.50. The van der Waals surface area contributed by atoms with Crippen LogP contribution < -0.4 is 5.32 Å². The molecule has 4 nitrogen and oxygen atoms in total. The molecule has 0 aromatic carbocycles. The summed E-state index contributed by atoms with van der Waals surface area (Å²) in [7, 11) is 0. The average molecular weight is 270 g/mol. The highest BCUT2D eigenvalue weighted by Crippen LogP contribution is 2.27. The lowest BCUT2D eigenvalue weighted by molar-refractivity contribution is -0.103. The zero-order valence-electron chi connectivity index (χ0n) is 12.7. The highest BCUT2D eigenvalue weighted by atomic mass is 16.5. The summed E-state index contributed by atoms with van der Waals surface area (Å²) in [6.07, 6.45) is 4.89. The molecular weight excluding hydrogens is 240 g/mol. The van der Waals surface area contributed by atoms with Crippen LogP contribution in [0.3, 0.4) is 0 Å². The maximum atomic E-state index is 10.00. The van der Waals surface area contributed by atoms with Crippen molar-refractivity contribution >= 4 is 0 Å². The summed E-state index contributed by atoms with van der Waals surface area (Å²) in [4.78, 5) is 2.36. The number of hydrogen-bond donors (Lipinski definition) is 2. The Bertz CT molecular complexity index is 266. The largest absolute Gasteiger partial charge is 0.390 e. The first-order valence-corrected chi connectivity index (χ1v) is 7.74. The van der Waals surface area contributed by atoms with Gasteiger partial charge in [-0.2, -0.15) is 0 Å². The van der Waals surface area contributed by atoms with Crippen LogP contribution >= 0.6 is 0 Å². The van der Waals surface area contributed by atoms with Crippen molar-refractivity contribution < 1.29 is 9.84 Å². The molecule has 0 spiro atoms. The second kappa shape index (κ2) is 6.53. The first-order valence-electron chi connectivity index (χ1n) is 7.74. The standard InChI is InChI=1S/C15H30N2O2/c1-15(2,3)19-14-8-12(9-14)16-10-13(18)11-17-6-4-5-7-17/h12-14,16,18H,4-11H2,1-3H3. The fourth-order valence-electron chi connectivity index (χ4n) is 2.96. The number of rotatable bonds is 6. The van der Waals surface area contributed by atoms with Crippen LogP contribution in [0.5, 0.6) is 0 Å². The summed E-state index contributed by atoms with van der Waals surface area (Å²) in [5.74, 6) is 0. The van der Waals surface area contributed by atoms with E-state index in [9.17, 15) is 5.11 Å². The molecule has 1 saturated carbocycles. The monoisotopic (exact) mass is 270 g/mol. The zero-order valence-corrected chi connectivity index (χ0v) is 12.7. The van der Waals surface area contributed by atoms with Crippen LogP contribution in [0.4, 0.5) is 0 Å². The predicted octanol–water partition coefficient (Wildman–Crippen LogP) is 1.38. The van der Waals surface area contributed by atoms with Gasteiger partial charge in [-0.1, -0.05) is 0 Å². The van der Waals surface area contributed by atoms with Gasteiger partial charge in [0.1, 0.15) is 0 Å². The van der Waals surface area contributed by atoms with Gasteiger partial charge in [0.15, 0.2) is 0 Å². The Labute approximate surface area is 117 Å². The Morgan fingerprint density at radius 3 is 2.47 bits per heavy atom. The van der Waals surface area contributed by atoms with Crippen LogP contribution in [0.2, 0.25) is 0 Å². The Kier molecular flexibility index (Phi) is 5.23. The van der Waals surface area contributed by atoms with E-state index in [-0.39, 0.29) is 11.7 Å². The molecule has 0 aromatic heterocycles. The number of aliphatic hydroxyl groups is 1. The maximum Gasteiger partial charge on any atom is 0.0791 e. The summed E-state index contributed by atoms with van der Waals surface area (Å²) in [5, 5.41) is 13.4. The van der Waals surface area contributed by atoms with E-state index in [1.165, 1.54) is 12.8 Å². The third kappa shape index (κ3) is 5.38. The maximum absolute atomic E-state index is 10.00. The molecule has 1 heterocycles. The summed E-state index contributed by atoms with van der Waals surface area (Å²) in [6.45, 7) is 10.2. The topological polar surface area (TPSA) is 44.7 Å². The van der Waals surface area contributed by atoms with Crippen molar-refractivity contribution in [2.45, 2.75) is 70.3 Å². The van der Waals surface area contributed by atoms with Crippen molar-refractivity contribution in [1.82, 2.24) is 10.2 Å². The van der Waals surface area contributed by atoms with Crippen molar-refractivity contribution in [2.24, 2.45) is 0 Å². The number of likely N-dealkylation sites (tertiary alicyclic amines) is 1. The normalized spacial score (nSPS) is 30.3. The quantitative estimate of drug-likeness (QED) is 0.765. The molecule has 1 aliphatic heterocycles. The van der Waals surface area contributed by atoms with E-state index < -0.39 is 0 Å². The Balaban J connectivity index is 1.52. The summed E-state index contributed by atoms with van der Waals surface area (Å²) in [6, 6.07) is 0.528. The van der Waals surface area contributed by atoms with Crippen molar-refractivity contribution in [2.75, 3.05) is 26.2 Å². The molecule has 2 rings (SSSR count). The Hall–Kier alpha value is -0.160. The van der Waals surface area contributed by atoms with E-state index in [0.717, 1.165) is 32.5 Å². The van der Waals surface area contributed by atoms with Crippen molar-refractivity contribution in [1.29, 1.82) is 0 Å². The highest BCUT2D eigenvalue weighted by Gasteiger charge is 2.32. The molecule has 19 heavy (non-hydrogen) atoms. The van der Waals surface area contributed by atoms with Gasteiger partial charge < -0.3 is 20.1 Å². The third-order valence-corrected chi connectivity index (χ3v) is 3.92. The molecule has 0 bridgehead atoms. The number of ether oxygens (including phenoxy) is 1. The minimum atomic E-state index is -0.235. The first kappa shape index (κ1) is 15.2. The molecular formula is C15H30N2O2. The molecule has 112 valence electrons. The van der Waals surface area contributed by atoms with Crippen LogP contribution in [0, 0.1) is 0 Å². The Morgan fingerprint density at radius 2 is 1.89 bits per heavy atom. The zero-order chi connectivity index (χ0) is 13.9. The number of nitrogens with zero attached hydrogens (tertiary/aromatic N) is 1. The van der Waals surface area contributed by atoms with E-state index in [1.54, 1.807) is 0 Å². The van der Waals surface area contributed by atoms with Crippen LogP contribution in [0.25, 0.3) is 0 Å². The smallest absolute Gasteiger partial charge is 0.0791 e. The van der Waals surface area contributed by atoms with E-state index in [4.69, 9.17) is 4.74 Å². The summed E-state index contributed by atoms with van der Waals surface area (Å²) >= 11 is 0. The van der Waals surface area contributed by atoms with Gasteiger partial charge in [-0.25, -0.2) is 0 Å². The molecule has 0 amide bonds. The molecule has 2 fully saturated rings. The summed E-state index contributed by atoms with van der Waals surface area (Å²) in [5.41, 5.74) is -0.0368. The Morgan fingerprint density at radius 1 is 1.26 bits per heavy atom. The van der Waals surface area contributed by atoms with Gasteiger partial charge in [0.25, 0.3) is 0 Å². The average Bonchev–Trinajstić information content (AvgIpc) is 2.72. The van der Waals surface area contributed by atoms with Gasteiger partial charge in [-0.15, -0.1) is 0 Å². The third-order valence-electron chi connectivity index (χ3n) is 3.92. The van der Waals surface area contributed by atoms with Gasteiger partial charge in [-0.05, 0) is 59.5 Å². The summed E-state index contributed by atoms with van der Waals surface area (Å²) < 4.78 is 5.91. The van der Waals surface area contributed by atoms with Crippen molar-refractivity contribution in [3.63, 3.8) is 0 Å². The van der Waals surface area contributed by atoms with Crippen LogP contribution in [0.1, 0.15) is 46.5 Å². The van der Waals surface area contributed by atoms with Gasteiger partial charge in [0.05, 0.1) is 17.8 Å². The minimum Gasteiger partial charge on any atom is -0.390 e. The number of nitrogens with one attached hydrogen (secondary N) is 1. The van der Waals surface area contributed by atoms with E-state index in [2.05, 4.69) is 31.0 Å². The first-order chi connectivity index (χ1) is 8.92. The molecule has 1 aliphatic carbocycles. The molecule has 2 aliphatic rings. The molecule has 1 atom stereocenters. The molecule has 0 aromatic rings. The lowest BCUT2D eigenvalue weighted by atomic mass is 9.88. The predicted molar refractivity (Wildman–Crippen MR) is 77.3 cm³/mol. The van der Waals surface area contributed by atoms with Crippen molar-refractivity contribution in [3.05, 3.63) is 0 Å². The second-order valence-corrected chi connectivity index (χ2v) is 7.09. The number of aliphatic hydroxyl groups excluding tert-OH is 1. The number of β-amino-alcohol motifs (C(OH)–C–C–N with tert-alkyl or cyclic N) is 1. The van der Waals surface area contributed by atoms with Crippen LogP contribution in [-0.2, 0) is 4.74 Å². The van der Waals surface area contributed by atoms with Crippen LogP contribution in [-0.4, -0.2) is 60.0 Å². The van der Waals surface area contributed by atoms with E-state index in [0.29, 0.717) is 18.7 Å². The number of hydrogen-bond acceptors (Lipinski definition) is 4. The molecule has 1 saturated heterocycles. The van der Waals surface area contributed by atoms with Gasteiger partial charge >= 0.3 is 0 Å². The molecule has 1 unspecified atom stereocenters. The SMILES string of the molecule is CC(C)(C)OC1CC(NCC(O)CN2CCCC2)C1. The van der Waals surface area contributed by atoms with E-state index >= 15 is 0 Å². The van der Waals surface area contributed by atoms with E-state index in [1.807, 2.05) is 0 Å². The fraction of sp³-hybridized carbons (Fsp3) is 1.00. The van der Waals surface area contributed by atoms with Gasteiger partial charge in [-0.3, -0.25) is 0 Å². The molecule has 0 radical (unpaired) electrons. The van der Waals surface area contributed by atoms with Crippen molar-refractivity contribution in [3.8, 4) is 0 Å². The molecule has 2 N–H and O–H groups in total. The van der Waals surface area contributed by atoms with Gasteiger partial charge in [0, 0.05) is 19.1 Å². The lowest BCUT2D eigenvalue weighted by Gasteiger charge is -2.40. The minimum absolute atomic E-state index is 0.0368. The van der Waals surface area contributed by atoms with Crippen LogP contribution in [0.15, 0.2) is 0 Å². The van der Waals surface area contributed by atoms with Gasteiger partial charge in [0.2, 0.25) is 0 Å². The highest BCUT2D eigenvalue weighted by molar-refractivity contribution is 4.88. The fourth-order valence-corrected chi connectivity index (χ4v) is 2.96. The second-order valence-electron chi connectivity index (χ2n) is 7.09.